The summed E-state index contributed by atoms with van der Waals surface area (Å²) in [4.78, 5) is 85.2. The summed E-state index contributed by atoms with van der Waals surface area (Å²) in [6.07, 6.45) is 3.70. The fourth-order valence-corrected chi connectivity index (χ4v) is 6.34. The van der Waals surface area contributed by atoms with E-state index in [-0.39, 0.29) is 24.9 Å². The summed E-state index contributed by atoms with van der Waals surface area (Å²) in [7, 11) is 3.91. The summed E-state index contributed by atoms with van der Waals surface area (Å²) in [6, 6.07) is 6.40. The summed E-state index contributed by atoms with van der Waals surface area (Å²) in [6.45, 7) is 4.27. The topological polar surface area (TPSA) is 139 Å². The maximum absolute atomic E-state index is 13.5. The van der Waals surface area contributed by atoms with Crippen LogP contribution in [0.2, 0.25) is 0 Å². The number of carbonyl (C=O) groups excluding carboxylic acids is 6. The Morgan fingerprint density at radius 3 is 1.16 bits per heavy atom. The van der Waals surface area contributed by atoms with Crippen molar-refractivity contribution in [1.29, 1.82) is 0 Å². The third kappa shape index (κ3) is 7.07. The molecule has 12 heteroatoms. The van der Waals surface area contributed by atoms with Crippen molar-refractivity contribution < 1.29 is 28.8 Å². The molecule has 240 valence electrons. The molecule has 0 spiro atoms. The van der Waals surface area contributed by atoms with Gasteiger partial charge in [-0.2, -0.15) is 0 Å². The summed E-state index contributed by atoms with van der Waals surface area (Å²) >= 11 is 0. The second kappa shape index (κ2) is 14.3. The van der Waals surface area contributed by atoms with Gasteiger partial charge in [-0.05, 0) is 96.6 Å². The van der Waals surface area contributed by atoms with Crippen LogP contribution in [0.4, 0.5) is 0 Å². The van der Waals surface area contributed by atoms with Crippen LogP contribution in [0.3, 0.4) is 0 Å². The molecule has 0 unspecified atom stereocenters. The average molecular weight is 619 g/mol. The predicted molar refractivity (Wildman–Crippen MR) is 168 cm³/mol. The van der Waals surface area contributed by atoms with E-state index in [4.69, 9.17) is 0 Å². The van der Waals surface area contributed by atoms with E-state index in [0.29, 0.717) is 91.3 Å². The molecule has 7 rings (SSSR count). The van der Waals surface area contributed by atoms with Crippen molar-refractivity contribution in [2.45, 2.75) is 44.9 Å². The number of amides is 6. The number of rotatable bonds is 0. The van der Waals surface area contributed by atoms with Crippen molar-refractivity contribution in [3.8, 4) is 0 Å². The van der Waals surface area contributed by atoms with Crippen molar-refractivity contribution in [1.82, 2.24) is 30.2 Å². The highest BCUT2D eigenvalue weighted by Gasteiger charge is 2.39. The van der Waals surface area contributed by atoms with Gasteiger partial charge >= 0.3 is 0 Å². The van der Waals surface area contributed by atoms with E-state index in [1.807, 2.05) is 14.1 Å². The maximum atomic E-state index is 13.5. The number of carbonyl (C=O) groups is 6. The van der Waals surface area contributed by atoms with Gasteiger partial charge in [0, 0.05) is 72.0 Å². The van der Waals surface area contributed by atoms with Gasteiger partial charge in [-0.3, -0.25) is 38.6 Å². The standard InChI is InChI=1S/C33H42N6O6/c1-36-16-4-14-34-26(40)8-3-9-27(41)35-15-5-17-37(2)19-7-21-39-32(44)24-12-10-22-28-23(11-13-25(29(24)28)33(39)45)31(43)38(30(22)42)20-6-18-36/h10-13H,3-9,14-21H2,1-2H3,(H,34,40)(H,35,41). The number of hydrogen-bond acceptors (Lipinski definition) is 8. The van der Waals surface area contributed by atoms with E-state index in [0.717, 1.165) is 25.9 Å². The molecule has 5 heterocycles. The molecule has 0 saturated heterocycles. The summed E-state index contributed by atoms with van der Waals surface area (Å²) in [5.41, 5.74) is 1.30. The first-order chi connectivity index (χ1) is 21.7. The lowest BCUT2D eigenvalue weighted by atomic mass is 9.86. The van der Waals surface area contributed by atoms with Gasteiger partial charge in [-0.25, -0.2) is 0 Å². The Hall–Kier alpha value is -4.16. The minimum Gasteiger partial charge on any atom is -0.356 e. The largest absolute Gasteiger partial charge is 0.356 e. The van der Waals surface area contributed by atoms with E-state index in [9.17, 15) is 28.8 Å². The number of hydrogen-bond donors (Lipinski definition) is 2. The van der Waals surface area contributed by atoms with Gasteiger partial charge in [-0.15, -0.1) is 0 Å². The van der Waals surface area contributed by atoms with E-state index in [1.54, 1.807) is 24.3 Å². The van der Waals surface area contributed by atoms with Crippen LogP contribution < -0.4 is 10.6 Å². The number of nitrogens with one attached hydrogen (secondary N) is 2. The SMILES string of the molecule is CN1CCCNC(=O)CCCC(=O)NCCCN(C)CCCN2C(=O)c3ccc4c5c(ccc(c35)C2=O)C(=O)N(CCC1)C4=O. The first-order valence-corrected chi connectivity index (χ1v) is 15.9. The monoisotopic (exact) mass is 618 g/mol. The first kappa shape index (κ1) is 32.2. The highest BCUT2D eigenvalue weighted by molar-refractivity contribution is 6.33. The van der Waals surface area contributed by atoms with Crippen molar-refractivity contribution in [3.63, 3.8) is 0 Å². The van der Waals surface area contributed by atoms with Crippen LogP contribution in [0.25, 0.3) is 10.8 Å². The molecule has 0 aliphatic carbocycles. The van der Waals surface area contributed by atoms with Gasteiger partial charge in [0.25, 0.3) is 23.6 Å². The summed E-state index contributed by atoms with van der Waals surface area (Å²) in [5.74, 6) is -1.83. The van der Waals surface area contributed by atoms with Crippen LogP contribution in [-0.4, -0.2) is 121 Å². The number of imide groups is 2. The second-order valence-electron chi connectivity index (χ2n) is 12.2. The second-order valence-corrected chi connectivity index (χ2v) is 12.2. The third-order valence-corrected chi connectivity index (χ3v) is 8.79. The van der Waals surface area contributed by atoms with Crippen LogP contribution in [0, 0.1) is 0 Å². The lowest BCUT2D eigenvalue weighted by Gasteiger charge is -2.32. The molecular weight excluding hydrogens is 576 g/mol. The number of nitrogens with zero attached hydrogens (tertiary/aromatic N) is 4. The molecule has 5 aliphatic rings. The molecule has 0 aromatic heterocycles. The van der Waals surface area contributed by atoms with Gasteiger partial charge in [0.15, 0.2) is 0 Å². The molecule has 8 bridgehead atoms. The first-order valence-electron chi connectivity index (χ1n) is 15.9. The fraction of sp³-hybridized carbons (Fsp3) is 0.515. The van der Waals surface area contributed by atoms with Crippen LogP contribution in [0.1, 0.15) is 86.4 Å². The van der Waals surface area contributed by atoms with Crippen LogP contribution in [-0.2, 0) is 9.59 Å². The van der Waals surface area contributed by atoms with E-state index >= 15 is 0 Å². The molecule has 2 aromatic rings. The minimum absolute atomic E-state index is 0.0707. The molecular formula is C33H42N6O6. The Labute approximate surface area is 263 Å². The molecule has 2 N–H and O–H groups in total. The Bertz CT molecular complexity index is 1340. The zero-order valence-corrected chi connectivity index (χ0v) is 26.2. The summed E-state index contributed by atoms with van der Waals surface area (Å²) < 4.78 is 0. The molecule has 0 atom stereocenters. The third-order valence-electron chi connectivity index (χ3n) is 8.79. The molecule has 0 saturated carbocycles. The van der Waals surface area contributed by atoms with Crippen molar-refractivity contribution >= 4 is 46.2 Å². The zero-order chi connectivity index (χ0) is 32.1. The van der Waals surface area contributed by atoms with E-state index in [2.05, 4.69) is 20.4 Å². The van der Waals surface area contributed by atoms with Gasteiger partial charge in [0.05, 0.1) is 0 Å². The van der Waals surface area contributed by atoms with E-state index < -0.39 is 23.6 Å². The van der Waals surface area contributed by atoms with Crippen molar-refractivity contribution in [2.24, 2.45) is 0 Å². The van der Waals surface area contributed by atoms with Gasteiger partial charge in [-0.1, -0.05) is 0 Å². The summed E-state index contributed by atoms with van der Waals surface area (Å²) in [5, 5.41) is 6.58. The number of benzene rings is 2. The molecule has 12 nitrogen and oxygen atoms in total. The minimum atomic E-state index is -0.423. The molecule has 45 heavy (non-hydrogen) atoms. The van der Waals surface area contributed by atoms with Crippen LogP contribution >= 0.6 is 0 Å². The van der Waals surface area contributed by atoms with Crippen molar-refractivity contribution in [2.75, 3.05) is 66.5 Å². The van der Waals surface area contributed by atoms with Gasteiger partial charge in [0.1, 0.15) is 0 Å². The lowest BCUT2D eigenvalue weighted by Crippen LogP contribution is -2.44. The van der Waals surface area contributed by atoms with Crippen LogP contribution in [0.15, 0.2) is 24.3 Å². The fourth-order valence-electron chi connectivity index (χ4n) is 6.34. The quantitative estimate of drug-likeness (QED) is 0.427. The normalized spacial score (nSPS) is 21.0. The smallest absolute Gasteiger partial charge is 0.261 e. The van der Waals surface area contributed by atoms with Crippen LogP contribution in [0.5, 0.6) is 0 Å². The van der Waals surface area contributed by atoms with Crippen molar-refractivity contribution in [3.05, 3.63) is 46.5 Å². The Morgan fingerprint density at radius 2 is 0.800 bits per heavy atom. The maximum Gasteiger partial charge on any atom is 0.261 e. The molecule has 2 aromatic carbocycles. The highest BCUT2D eigenvalue weighted by atomic mass is 16.2. The lowest BCUT2D eigenvalue weighted by molar-refractivity contribution is -0.122. The van der Waals surface area contributed by atoms with Gasteiger partial charge in [0.2, 0.25) is 11.8 Å². The Balaban J connectivity index is 1.33. The van der Waals surface area contributed by atoms with Gasteiger partial charge < -0.3 is 20.4 Å². The molecule has 6 amide bonds. The van der Waals surface area contributed by atoms with E-state index in [1.165, 1.54) is 9.80 Å². The highest BCUT2D eigenvalue weighted by Crippen LogP contribution is 2.37. The Kier molecular flexibility index (Phi) is 10.2. The average Bonchev–Trinajstić information content (AvgIpc) is 3.02. The molecule has 0 fully saturated rings. The zero-order valence-electron chi connectivity index (χ0n) is 26.2. The molecule has 5 aliphatic heterocycles. The molecule has 0 radical (unpaired) electrons. The Morgan fingerprint density at radius 1 is 0.467 bits per heavy atom. The number of fused-ring (bicyclic) bond motifs is 2. The predicted octanol–water partition coefficient (Wildman–Crippen LogP) is 1.87.